The SMILES string of the molecule is CCc1sc(C(=O)Nc2ccc(C)cc2)cc1C. The Hall–Kier alpha value is -1.61. The molecule has 2 nitrogen and oxygen atoms in total. The molecule has 0 spiro atoms. The summed E-state index contributed by atoms with van der Waals surface area (Å²) in [6, 6.07) is 9.80. The number of aryl methyl sites for hydroxylation is 3. The van der Waals surface area contributed by atoms with Crippen molar-refractivity contribution in [3.63, 3.8) is 0 Å². The van der Waals surface area contributed by atoms with Gasteiger partial charge in [0, 0.05) is 10.6 Å². The molecule has 94 valence electrons. The summed E-state index contributed by atoms with van der Waals surface area (Å²) in [4.78, 5) is 14.1. The normalized spacial score (nSPS) is 10.4. The summed E-state index contributed by atoms with van der Waals surface area (Å²) in [5.74, 6) is -0.0216. The number of anilines is 1. The van der Waals surface area contributed by atoms with Crippen LogP contribution in [0, 0.1) is 13.8 Å². The maximum Gasteiger partial charge on any atom is 0.265 e. The van der Waals surface area contributed by atoms with Crippen molar-refractivity contribution < 1.29 is 4.79 Å². The fourth-order valence-electron chi connectivity index (χ4n) is 1.81. The second-order valence-electron chi connectivity index (χ2n) is 4.39. The van der Waals surface area contributed by atoms with Crippen molar-refractivity contribution in [2.75, 3.05) is 5.32 Å². The molecule has 0 saturated carbocycles. The molecule has 0 fully saturated rings. The van der Waals surface area contributed by atoms with Gasteiger partial charge in [-0.2, -0.15) is 0 Å². The number of benzene rings is 1. The third kappa shape index (κ3) is 2.79. The summed E-state index contributed by atoms with van der Waals surface area (Å²) in [5, 5.41) is 2.92. The fourth-order valence-corrected chi connectivity index (χ4v) is 2.82. The molecule has 0 radical (unpaired) electrons. The van der Waals surface area contributed by atoms with Crippen molar-refractivity contribution in [2.24, 2.45) is 0 Å². The molecule has 0 bridgehead atoms. The van der Waals surface area contributed by atoms with Gasteiger partial charge in [-0.1, -0.05) is 24.6 Å². The number of nitrogens with one attached hydrogen (secondary N) is 1. The molecule has 0 aliphatic carbocycles. The number of hydrogen-bond donors (Lipinski definition) is 1. The van der Waals surface area contributed by atoms with Gasteiger partial charge >= 0.3 is 0 Å². The number of carbonyl (C=O) groups is 1. The van der Waals surface area contributed by atoms with E-state index < -0.39 is 0 Å². The smallest absolute Gasteiger partial charge is 0.265 e. The van der Waals surface area contributed by atoms with Gasteiger partial charge in [0.2, 0.25) is 0 Å². The van der Waals surface area contributed by atoms with Crippen LogP contribution < -0.4 is 5.32 Å². The molecule has 3 heteroatoms. The van der Waals surface area contributed by atoms with Crippen molar-refractivity contribution in [3.8, 4) is 0 Å². The number of amides is 1. The summed E-state index contributed by atoms with van der Waals surface area (Å²) < 4.78 is 0. The van der Waals surface area contributed by atoms with E-state index in [0.29, 0.717) is 0 Å². The number of carbonyl (C=O) groups excluding carboxylic acids is 1. The van der Waals surface area contributed by atoms with E-state index >= 15 is 0 Å². The molecule has 0 atom stereocenters. The Kier molecular flexibility index (Phi) is 3.82. The molecule has 1 N–H and O–H groups in total. The van der Waals surface area contributed by atoms with E-state index in [4.69, 9.17) is 0 Å². The van der Waals surface area contributed by atoms with E-state index in [2.05, 4.69) is 19.2 Å². The van der Waals surface area contributed by atoms with Crippen LogP contribution in [0.4, 0.5) is 5.69 Å². The monoisotopic (exact) mass is 259 g/mol. The van der Waals surface area contributed by atoms with Gasteiger partial charge in [0.15, 0.2) is 0 Å². The molecule has 1 heterocycles. The van der Waals surface area contributed by atoms with Gasteiger partial charge in [0.05, 0.1) is 4.88 Å². The number of rotatable bonds is 3. The molecule has 0 aliphatic heterocycles. The van der Waals surface area contributed by atoms with Crippen LogP contribution in [0.25, 0.3) is 0 Å². The van der Waals surface area contributed by atoms with Crippen LogP contribution in [0.2, 0.25) is 0 Å². The van der Waals surface area contributed by atoms with E-state index in [0.717, 1.165) is 17.0 Å². The summed E-state index contributed by atoms with van der Waals surface area (Å²) in [5.41, 5.74) is 3.24. The van der Waals surface area contributed by atoms with Crippen LogP contribution >= 0.6 is 11.3 Å². The highest BCUT2D eigenvalue weighted by Crippen LogP contribution is 2.23. The fraction of sp³-hybridized carbons (Fsp3) is 0.267. The minimum absolute atomic E-state index is 0.0216. The maximum absolute atomic E-state index is 12.1. The number of thiophene rings is 1. The van der Waals surface area contributed by atoms with Gasteiger partial charge in [0.25, 0.3) is 5.91 Å². The van der Waals surface area contributed by atoms with E-state index in [1.165, 1.54) is 16.0 Å². The van der Waals surface area contributed by atoms with Gasteiger partial charge < -0.3 is 5.32 Å². The van der Waals surface area contributed by atoms with Gasteiger partial charge in [-0.3, -0.25) is 4.79 Å². The lowest BCUT2D eigenvalue weighted by molar-refractivity contribution is 0.103. The lowest BCUT2D eigenvalue weighted by Crippen LogP contribution is -2.09. The average Bonchev–Trinajstić information content (AvgIpc) is 2.73. The predicted molar refractivity (Wildman–Crippen MR) is 77.6 cm³/mol. The molecule has 2 aromatic rings. The molecule has 1 aromatic heterocycles. The van der Waals surface area contributed by atoms with Gasteiger partial charge in [-0.25, -0.2) is 0 Å². The first kappa shape index (κ1) is 12.8. The quantitative estimate of drug-likeness (QED) is 0.880. The molecule has 1 aromatic carbocycles. The molecule has 18 heavy (non-hydrogen) atoms. The summed E-state index contributed by atoms with van der Waals surface area (Å²) in [7, 11) is 0. The third-order valence-electron chi connectivity index (χ3n) is 2.87. The Balaban J connectivity index is 2.14. The van der Waals surface area contributed by atoms with Crippen LogP contribution in [-0.2, 0) is 6.42 Å². The lowest BCUT2D eigenvalue weighted by atomic mass is 10.2. The zero-order chi connectivity index (χ0) is 13.1. The Bertz CT molecular complexity index is 554. The standard InChI is InChI=1S/C15H17NOS/c1-4-13-11(3)9-14(18-13)15(17)16-12-7-5-10(2)6-8-12/h5-9H,4H2,1-3H3,(H,16,17). The van der Waals surface area contributed by atoms with Crippen LogP contribution in [0.15, 0.2) is 30.3 Å². The first-order valence-corrected chi connectivity index (χ1v) is 6.89. The Morgan fingerprint density at radius 2 is 1.89 bits per heavy atom. The van der Waals surface area contributed by atoms with Crippen molar-refractivity contribution >= 4 is 22.9 Å². The highest BCUT2D eigenvalue weighted by atomic mass is 32.1. The van der Waals surface area contributed by atoms with E-state index in [1.54, 1.807) is 11.3 Å². The topological polar surface area (TPSA) is 29.1 Å². The summed E-state index contributed by atoms with van der Waals surface area (Å²) >= 11 is 1.58. The van der Waals surface area contributed by atoms with Gasteiger partial charge in [0.1, 0.15) is 0 Å². The molecule has 0 unspecified atom stereocenters. The first-order valence-electron chi connectivity index (χ1n) is 6.07. The van der Waals surface area contributed by atoms with Crippen LogP contribution in [0.1, 0.15) is 32.6 Å². The Morgan fingerprint density at radius 3 is 2.44 bits per heavy atom. The minimum atomic E-state index is -0.0216. The Labute approximate surface area is 112 Å². The molecular weight excluding hydrogens is 242 g/mol. The van der Waals surface area contributed by atoms with E-state index in [1.807, 2.05) is 37.3 Å². The van der Waals surface area contributed by atoms with Crippen molar-refractivity contribution in [3.05, 3.63) is 51.2 Å². The second kappa shape index (κ2) is 5.36. The lowest BCUT2D eigenvalue weighted by Gasteiger charge is -2.03. The van der Waals surface area contributed by atoms with Crippen LogP contribution in [-0.4, -0.2) is 5.91 Å². The Morgan fingerprint density at radius 1 is 1.22 bits per heavy atom. The molecule has 0 aliphatic rings. The van der Waals surface area contributed by atoms with Crippen molar-refractivity contribution in [1.29, 1.82) is 0 Å². The molecule has 1 amide bonds. The number of hydrogen-bond acceptors (Lipinski definition) is 2. The van der Waals surface area contributed by atoms with Crippen LogP contribution in [0.3, 0.4) is 0 Å². The first-order chi connectivity index (χ1) is 8.60. The summed E-state index contributed by atoms with van der Waals surface area (Å²) in [6.45, 7) is 6.19. The summed E-state index contributed by atoms with van der Waals surface area (Å²) in [6.07, 6.45) is 0.980. The average molecular weight is 259 g/mol. The largest absolute Gasteiger partial charge is 0.321 e. The van der Waals surface area contributed by atoms with Crippen molar-refractivity contribution in [1.82, 2.24) is 0 Å². The molecule has 2 rings (SSSR count). The zero-order valence-corrected chi connectivity index (χ0v) is 11.7. The highest BCUT2D eigenvalue weighted by molar-refractivity contribution is 7.14. The molecule has 0 saturated heterocycles. The van der Waals surface area contributed by atoms with E-state index in [9.17, 15) is 4.79 Å². The van der Waals surface area contributed by atoms with Crippen molar-refractivity contribution in [2.45, 2.75) is 27.2 Å². The van der Waals surface area contributed by atoms with E-state index in [-0.39, 0.29) is 5.91 Å². The van der Waals surface area contributed by atoms with Crippen LogP contribution in [0.5, 0.6) is 0 Å². The van der Waals surface area contributed by atoms with Gasteiger partial charge in [-0.15, -0.1) is 11.3 Å². The second-order valence-corrected chi connectivity index (χ2v) is 5.53. The highest BCUT2D eigenvalue weighted by Gasteiger charge is 2.11. The maximum atomic E-state index is 12.1. The molecular formula is C15H17NOS. The minimum Gasteiger partial charge on any atom is -0.321 e. The predicted octanol–water partition coefficient (Wildman–Crippen LogP) is 4.18. The zero-order valence-electron chi connectivity index (χ0n) is 10.9. The third-order valence-corrected chi connectivity index (χ3v) is 4.26. The van der Waals surface area contributed by atoms with Gasteiger partial charge in [-0.05, 0) is 44.0 Å².